The number of hydrogen-bond donors (Lipinski definition) is 1. The molecule has 0 aliphatic heterocycles. The van der Waals surface area contributed by atoms with Gasteiger partial charge in [0.25, 0.3) is 0 Å². The van der Waals surface area contributed by atoms with Crippen LogP contribution in [0.1, 0.15) is 17.2 Å². The highest BCUT2D eigenvalue weighted by Gasteiger charge is 2.26. The van der Waals surface area contributed by atoms with Crippen LogP contribution >= 0.6 is 7.60 Å². The summed E-state index contributed by atoms with van der Waals surface area (Å²) in [4.78, 5) is 0. The lowest BCUT2D eigenvalue weighted by Crippen LogP contribution is -2.06. The van der Waals surface area contributed by atoms with Crippen LogP contribution in [-0.4, -0.2) is 25.5 Å². The summed E-state index contributed by atoms with van der Waals surface area (Å²) in [5.41, 5.74) is 1.76. The van der Waals surface area contributed by atoms with Crippen molar-refractivity contribution >= 4 is 7.60 Å². The third-order valence-corrected chi connectivity index (χ3v) is 4.29. The third kappa shape index (κ3) is 3.42. The topological polar surface area (TPSA) is 55.8 Å². The van der Waals surface area contributed by atoms with Crippen molar-refractivity contribution in [2.75, 3.05) is 20.4 Å². The van der Waals surface area contributed by atoms with Gasteiger partial charge in [0.15, 0.2) is 0 Å². The molecule has 90 valence electrons. The first kappa shape index (κ1) is 13.4. The Balaban J connectivity index is 2.79. The van der Waals surface area contributed by atoms with E-state index in [0.717, 1.165) is 5.56 Å². The average Bonchev–Trinajstić information content (AvgIpc) is 2.29. The SMILES string of the molecule is COP(=O)(C[C@H](O)c1cccc(C)c1)OC. The van der Waals surface area contributed by atoms with Gasteiger partial charge in [-0.3, -0.25) is 4.57 Å². The summed E-state index contributed by atoms with van der Waals surface area (Å²) in [6, 6.07) is 7.41. The van der Waals surface area contributed by atoms with Crippen molar-refractivity contribution in [2.45, 2.75) is 13.0 Å². The lowest BCUT2D eigenvalue weighted by atomic mass is 10.1. The number of aliphatic hydroxyl groups excluding tert-OH is 1. The molecule has 0 bridgehead atoms. The fourth-order valence-corrected chi connectivity index (χ4v) is 2.50. The molecule has 1 aromatic rings. The second kappa shape index (κ2) is 5.60. The molecular formula is C11H17O4P. The number of hydrogen-bond acceptors (Lipinski definition) is 4. The van der Waals surface area contributed by atoms with Crippen LogP contribution in [0.5, 0.6) is 0 Å². The van der Waals surface area contributed by atoms with Gasteiger partial charge in [0.2, 0.25) is 0 Å². The molecule has 0 saturated heterocycles. The predicted molar refractivity (Wildman–Crippen MR) is 62.6 cm³/mol. The van der Waals surface area contributed by atoms with Crippen molar-refractivity contribution in [3.63, 3.8) is 0 Å². The van der Waals surface area contributed by atoms with Crippen LogP contribution in [0.3, 0.4) is 0 Å². The molecule has 4 nitrogen and oxygen atoms in total. The third-order valence-electron chi connectivity index (χ3n) is 2.38. The molecule has 0 spiro atoms. The molecule has 0 fully saturated rings. The van der Waals surface area contributed by atoms with E-state index in [9.17, 15) is 9.67 Å². The maximum absolute atomic E-state index is 11.8. The first-order valence-electron chi connectivity index (χ1n) is 4.96. The number of rotatable bonds is 5. The zero-order valence-electron chi connectivity index (χ0n) is 9.71. The summed E-state index contributed by atoms with van der Waals surface area (Å²) in [5.74, 6) is 0. The van der Waals surface area contributed by atoms with Gasteiger partial charge in [-0.25, -0.2) is 0 Å². The zero-order chi connectivity index (χ0) is 12.2. The molecule has 1 N–H and O–H groups in total. The summed E-state index contributed by atoms with van der Waals surface area (Å²) in [6.45, 7) is 1.93. The minimum Gasteiger partial charge on any atom is -0.388 e. The van der Waals surface area contributed by atoms with E-state index in [2.05, 4.69) is 0 Å². The van der Waals surface area contributed by atoms with Gasteiger partial charge in [-0.05, 0) is 12.5 Å². The Morgan fingerprint density at radius 3 is 2.50 bits per heavy atom. The number of aryl methyl sites for hydroxylation is 1. The monoisotopic (exact) mass is 244 g/mol. The molecule has 0 unspecified atom stereocenters. The fourth-order valence-electron chi connectivity index (χ4n) is 1.42. The highest BCUT2D eigenvalue weighted by atomic mass is 31.2. The largest absolute Gasteiger partial charge is 0.388 e. The lowest BCUT2D eigenvalue weighted by molar-refractivity contribution is 0.183. The van der Waals surface area contributed by atoms with Gasteiger partial charge in [-0.1, -0.05) is 29.8 Å². The summed E-state index contributed by atoms with van der Waals surface area (Å²) in [6.07, 6.45) is -0.880. The van der Waals surface area contributed by atoms with E-state index in [1.807, 2.05) is 25.1 Å². The average molecular weight is 244 g/mol. The van der Waals surface area contributed by atoms with Gasteiger partial charge in [0.1, 0.15) is 0 Å². The Morgan fingerprint density at radius 1 is 1.38 bits per heavy atom. The van der Waals surface area contributed by atoms with Crippen molar-refractivity contribution in [1.29, 1.82) is 0 Å². The van der Waals surface area contributed by atoms with E-state index in [-0.39, 0.29) is 6.16 Å². The van der Waals surface area contributed by atoms with E-state index in [1.165, 1.54) is 14.2 Å². The Labute approximate surface area is 95.7 Å². The molecule has 0 amide bonds. The quantitative estimate of drug-likeness (QED) is 0.808. The van der Waals surface area contributed by atoms with Gasteiger partial charge in [0.05, 0.1) is 12.3 Å². The summed E-state index contributed by atoms with van der Waals surface area (Å²) in [5, 5.41) is 9.91. The first-order valence-corrected chi connectivity index (χ1v) is 6.68. The smallest absolute Gasteiger partial charge is 0.333 e. The normalized spacial score (nSPS) is 13.8. The first-order chi connectivity index (χ1) is 7.50. The van der Waals surface area contributed by atoms with Crippen molar-refractivity contribution in [3.8, 4) is 0 Å². The molecular weight excluding hydrogens is 227 g/mol. The molecule has 0 aromatic heterocycles. The minimum atomic E-state index is -3.17. The Hall–Kier alpha value is -0.670. The molecule has 1 aromatic carbocycles. The predicted octanol–water partition coefficient (Wildman–Crippen LogP) is 2.51. The van der Waals surface area contributed by atoms with Crippen molar-refractivity contribution in [3.05, 3.63) is 35.4 Å². The highest BCUT2D eigenvalue weighted by molar-refractivity contribution is 7.53. The van der Waals surface area contributed by atoms with Gasteiger partial charge in [-0.15, -0.1) is 0 Å². The number of benzene rings is 1. The van der Waals surface area contributed by atoms with Crippen molar-refractivity contribution in [2.24, 2.45) is 0 Å². The Bertz CT molecular complexity index is 383. The maximum Gasteiger partial charge on any atom is 0.333 e. The van der Waals surface area contributed by atoms with Gasteiger partial charge in [0, 0.05) is 14.2 Å². The molecule has 0 aliphatic rings. The van der Waals surface area contributed by atoms with Gasteiger partial charge in [-0.2, -0.15) is 0 Å². The van der Waals surface area contributed by atoms with Gasteiger partial charge < -0.3 is 14.2 Å². The van der Waals surface area contributed by atoms with Crippen LogP contribution < -0.4 is 0 Å². The lowest BCUT2D eigenvalue weighted by Gasteiger charge is -2.18. The zero-order valence-corrected chi connectivity index (χ0v) is 10.6. The molecule has 0 heterocycles. The molecule has 16 heavy (non-hydrogen) atoms. The van der Waals surface area contributed by atoms with Crippen LogP contribution in [0.25, 0.3) is 0 Å². The highest BCUT2D eigenvalue weighted by Crippen LogP contribution is 2.49. The van der Waals surface area contributed by atoms with E-state index >= 15 is 0 Å². The summed E-state index contributed by atoms with van der Waals surface area (Å²) < 4.78 is 21.4. The summed E-state index contributed by atoms with van der Waals surface area (Å²) >= 11 is 0. The van der Waals surface area contributed by atoms with Crippen LogP contribution in [0.15, 0.2) is 24.3 Å². The molecule has 0 saturated carbocycles. The van der Waals surface area contributed by atoms with Crippen LogP contribution in [0, 0.1) is 6.92 Å². The van der Waals surface area contributed by atoms with Gasteiger partial charge >= 0.3 is 7.60 Å². The van der Waals surface area contributed by atoms with Crippen molar-refractivity contribution in [1.82, 2.24) is 0 Å². The van der Waals surface area contributed by atoms with Crippen LogP contribution in [-0.2, 0) is 13.6 Å². The van der Waals surface area contributed by atoms with E-state index in [4.69, 9.17) is 9.05 Å². The molecule has 0 aliphatic carbocycles. The van der Waals surface area contributed by atoms with Crippen LogP contribution in [0.4, 0.5) is 0 Å². The van der Waals surface area contributed by atoms with E-state index < -0.39 is 13.7 Å². The Morgan fingerprint density at radius 2 is 2.00 bits per heavy atom. The second-order valence-corrected chi connectivity index (χ2v) is 5.91. The van der Waals surface area contributed by atoms with E-state index in [0.29, 0.717) is 5.56 Å². The molecule has 1 atom stereocenters. The van der Waals surface area contributed by atoms with Crippen LogP contribution in [0.2, 0.25) is 0 Å². The molecule has 5 heteroatoms. The Kier molecular flexibility index (Phi) is 4.69. The maximum atomic E-state index is 11.8. The van der Waals surface area contributed by atoms with Crippen molar-refractivity contribution < 1.29 is 18.7 Å². The molecule has 1 rings (SSSR count). The number of aliphatic hydroxyl groups is 1. The minimum absolute atomic E-state index is 0.0382. The summed E-state index contributed by atoms with van der Waals surface area (Å²) in [7, 11) is -0.542. The standard InChI is InChI=1S/C11H17O4P/c1-9-5-4-6-10(7-9)11(12)8-16(13,14-2)15-3/h4-7,11-12H,8H2,1-3H3/t11-/m0/s1. The second-order valence-electron chi connectivity index (χ2n) is 3.59. The van der Waals surface area contributed by atoms with E-state index in [1.54, 1.807) is 6.07 Å². The molecule has 0 radical (unpaired) electrons. The fraction of sp³-hybridized carbons (Fsp3) is 0.455.